The minimum atomic E-state index is -0.203. The number of hydrogen-bond donors (Lipinski definition) is 0. The Morgan fingerprint density at radius 2 is 1.94 bits per heavy atom. The van der Waals surface area contributed by atoms with Crippen LogP contribution < -0.4 is 0 Å². The van der Waals surface area contributed by atoms with Gasteiger partial charge < -0.3 is 4.74 Å². The van der Waals surface area contributed by atoms with Crippen molar-refractivity contribution in [2.75, 3.05) is 13.1 Å². The maximum absolute atomic E-state index is 11.8. The number of rotatable bonds is 5. The Balaban J connectivity index is 1.14. The van der Waals surface area contributed by atoms with Crippen molar-refractivity contribution >= 4 is 5.97 Å². The molecule has 2 aliphatic heterocycles. The van der Waals surface area contributed by atoms with Crippen LogP contribution in [-0.2, 0) is 30.7 Å². The number of esters is 1. The number of ether oxygens (including phenoxy) is 1. The molecule has 0 amide bonds. The van der Waals surface area contributed by atoms with E-state index in [-0.39, 0.29) is 5.97 Å². The number of benzene rings is 2. The fourth-order valence-corrected chi connectivity index (χ4v) is 4.78. The Kier molecular flexibility index (Phi) is 4.76. The zero-order valence-corrected chi connectivity index (χ0v) is 18.3. The van der Waals surface area contributed by atoms with Gasteiger partial charge in [0.05, 0.1) is 23.1 Å². The molecule has 0 fully saturated rings. The highest BCUT2D eigenvalue weighted by molar-refractivity contribution is 5.93. The molecule has 2 aliphatic rings. The summed E-state index contributed by atoms with van der Waals surface area (Å²) in [5.74, 6) is -0.203. The lowest BCUT2D eigenvalue weighted by atomic mass is 9.96. The maximum atomic E-state index is 11.8. The molecule has 4 aromatic rings. The van der Waals surface area contributed by atoms with E-state index in [0.29, 0.717) is 6.61 Å². The smallest absolute Gasteiger partial charge is 0.338 e. The molecule has 0 saturated heterocycles. The topological polar surface area (TPSA) is 91.0 Å². The summed E-state index contributed by atoms with van der Waals surface area (Å²) in [4.78, 5) is 14.3. The van der Waals surface area contributed by atoms with Crippen LogP contribution >= 0.6 is 0 Å². The van der Waals surface area contributed by atoms with Gasteiger partial charge in [0.1, 0.15) is 12.9 Å². The van der Waals surface area contributed by atoms with Gasteiger partial charge in [-0.15, -0.1) is 5.10 Å². The lowest BCUT2D eigenvalue weighted by molar-refractivity contribution is 0.0535. The molecule has 0 atom stereocenters. The third-order valence-electron chi connectivity index (χ3n) is 6.70. The van der Waals surface area contributed by atoms with Crippen LogP contribution in [0.15, 0.2) is 48.9 Å². The largest absolute Gasteiger partial charge is 0.457 e. The van der Waals surface area contributed by atoms with Gasteiger partial charge in [-0.25, -0.2) is 14.2 Å². The van der Waals surface area contributed by atoms with Gasteiger partial charge in [-0.05, 0) is 65.2 Å². The van der Waals surface area contributed by atoms with Crippen molar-refractivity contribution in [3.63, 3.8) is 0 Å². The first-order valence-corrected chi connectivity index (χ1v) is 11.1. The van der Waals surface area contributed by atoms with Gasteiger partial charge in [0.2, 0.25) is 0 Å². The fourth-order valence-electron chi connectivity index (χ4n) is 4.78. The minimum Gasteiger partial charge on any atom is -0.457 e. The van der Waals surface area contributed by atoms with Crippen molar-refractivity contribution in [1.82, 2.24) is 34.9 Å². The second kappa shape index (κ2) is 7.93. The number of nitrogens with zero attached hydrogens (tertiary/aromatic N) is 7. The highest BCUT2D eigenvalue weighted by atomic mass is 16.5. The van der Waals surface area contributed by atoms with Gasteiger partial charge >= 0.3 is 5.97 Å². The number of tetrazole rings is 1. The second-order valence-electron chi connectivity index (χ2n) is 8.53. The molecule has 6 rings (SSSR count). The predicted octanol–water partition coefficient (Wildman–Crippen LogP) is 2.43. The Bertz CT molecular complexity index is 1330. The maximum Gasteiger partial charge on any atom is 0.338 e. The first kappa shape index (κ1) is 19.8. The summed E-state index contributed by atoms with van der Waals surface area (Å²) < 4.78 is 8.86. The summed E-state index contributed by atoms with van der Waals surface area (Å²) in [6.45, 7) is 5.35. The summed E-state index contributed by atoms with van der Waals surface area (Å²) in [6.07, 6.45) is 5.47. The Labute approximate surface area is 190 Å². The molecule has 0 saturated carbocycles. The number of hydrogen-bond acceptors (Lipinski definition) is 7. The molecule has 4 heterocycles. The highest BCUT2D eigenvalue weighted by Crippen LogP contribution is 2.27. The normalized spacial score (nSPS) is 15.4. The summed E-state index contributed by atoms with van der Waals surface area (Å²) in [5.41, 5.74) is 8.73. The first-order chi connectivity index (χ1) is 16.2. The van der Waals surface area contributed by atoms with Crippen molar-refractivity contribution in [3.05, 3.63) is 82.4 Å². The molecular formula is C24H23N7O2. The second-order valence-corrected chi connectivity index (χ2v) is 8.53. The van der Waals surface area contributed by atoms with E-state index in [2.05, 4.69) is 38.5 Å². The molecule has 0 spiro atoms. The summed E-state index contributed by atoms with van der Waals surface area (Å²) >= 11 is 0. The van der Waals surface area contributed by atoms with Gasteiger partial charge in [0.15, 0.2) is 0 Å². The van der Waals surface area contributed by atoms with Crippen LogP contribution in [0.4, 0.5) is 0 Å². The van der Waals surface area contributed by atoms with E-state index in [1.54, 1.807) is 11.0 Å². The lowest BCUT2D eigenvalue weighted by Gasteiger charge is -2.27. The van der Waals surface area contributed by atoms with Crippen LogP contribution in [0.2, 0.25) is 0 Å². The van der Waals surface area contributed by atoms with E-state index < -0.39 is 0 Å². The van der Waals surface area contributed by atoms with E-state index in [1.165, 1.54) is 22.4 Å². The third kappa shape index (κ3) is 3.50. The third-order valence-corrected chi connectivity index (χ3v) is 6.70. The molecule has 0 N–H and O–H groups in total. The molecule has 9 heteroatoms. The molecule has 2 aromatic heterocycles. The Hall–Kier alpha value is -3.85. The molecule has 33 heavy (non-hydrogen) atoms. The molecule has 0 unspecified atom stereocenters. The van der Waals surface area contributed by atoms with E-state index in [9.17, 15) is 4.79 Å². The Morgan fingerprint density at radius 3 is 2.76 bits per heavy atom. The minimum absolute atomic E-state index is 0.203. The SMILES string of the molecule is Cc1c(CCN2CCc3c(cnn3-c3ccc(-n4cnnn4)cc3)C2)ccc2c1COC2=O. The standard InChI is InChI=1S/C24H23N7O2/c1-16-17(2-7-21-22(16)14-33-24(21)32)8-10-29-11-9-23-18(13-29)12-26-31(23)20-5-3-19(4-6-20)30-15-25-27-28-30/h2-7,12,15H,8-11,13-14H2,1H3. The summed E-state index contributed by atoms with van der Waals surface area (Å²) in [7, 11) is 0. The first-order valence-electron chi connectivity index (χ1n) is 11.1. The quantitative estimate of drug-likeness (QED) is 0.439. The molecule has 166 valence electrons. The van der Waals surface area contributed by atoms with Gasteiger partial charge in [0, 0.05) is 42.9 Å². The molecular weight excluding hydrogens is 418 g/mol. The van der Waals surface area contributed by atoms with E-state index in [1.807, 2.05) is 41.2 Å². The van der Waals surface area contributed by atoms with Crippen molar-refractivity contribution in [1.29, 1.82) is 0 Å². The molecule has 0 aliphatic carbocycles. The van der Waals surface area contributed by atoms with Crippen molar-refractivity contribution in [2.45, 2.75) is 32.9 Å². The zero-order chi connectivity index (χ0) is 22.4. The van der Waals surface area contributed by atoms with Crippen LogP contribution in [0.25, 0.3) is 11.4 Å². The van der Waals surface area contributed by atoms with Crippen LogP contribution in [0.3, 0.4) is 0 Å². The number of cyclic esters (lactones) is 1. The fraction of sp³-hybridized carbons (Fsp3) is 0.292. The van der Waals surface area contributed by atoms with Gasteiger partial charge in [0.25, 0.3) is 0 Å². The Morgan fingerprint density at radius 1 is 1.09 bits per heavy atom. The van der Waals surface area contributed by atoms with Crippen molar-refractivity contribution in [3.8, 4) is 11.4 Å². The number of aromatic nitrogens is 6. The lowest BCUT2D eigenvalue weighted by Crippen LogP contribution is -2.32. The van der Waals surface area contributed by atoms with Crippen LogP contribution in [0, 0.1) is 6.92 Å². The summed E-state index contributed by atoms with van der Waals surface area (Å²) in [5, 5.41) is 16.0. The average molecular weight is 441 g/mol. The predicted molar refractivity (Wildman–Crippen MR) is 119 cm³/mol. The molecule has 9 nitrogen and oxygen atoms in total. The van der Waals surface area contributed by atoms with Gasteiger partial charge in [-0.3, -0.25) is 4.90 Å². The number of fused-ring (bicyclic) bond motifs is 2. The van der Waals surface area contributed by atoms with E-state index in [0.717, 1.165) is 55.0 Å². The van der Waals surface area contributed by atoms with Gasteiger partial charge in [-0.1, -0.05) is 6.07 Å². The zero-order valence-electron chi connectivity index (χ0n) is 18.3. The van der Waals surface area contributed by atoms with Crippen molar-refractivity contribution < 1.29 is 9.53 Å². The number of carbonyl (C=O) groups excluding carboxylic acids is 1. The van der Waals surface area contributed by atoms with Crippen LogP contribution in [0.1, 0.15) is 38.3 Å². The van der Waals surface area contributed by atoms with Crippen LogP contribution in [-0.4, -0.2) is 53.9 Å². The average Bonchev–Trinajstić information content (AvgIpc) is 3.59. The molecule has 0 bridgehead atoms. The molecule has 0 radical (unpaired) electrons. The summed E-state index contributed by atoms with van der Waals surface area (Å²) in [6, 6.07) is 12.1. The van der Waals surface area contributed by atoms with Crippen LogP contribution in [0.5, 0.6) is 0 Å². The monoisotopic (exact) mass is 441 g/mol. The van der Waals surface area contributed by atoms with E-state index >= 15 is 0 Å². The van der Waals surface area contributed by atoms with E-state index in [4.69, 9.17) is 4.74 Å². The highest BCUT2D eigenvalue weighted by Gasteiger charge is 2.25. The molecule has 2 aromatic carbocycles. The van der Waals surface area contributed by atoms with Gasteiger partial charge in [-0.2, -0.15) is 5.10 Å². The van der Waals surface area contributed by atoms with Crippen molar-refractivity contribution in [2.24, 2.45) is 0 Å². The number of carbonyl (C=O) groups is 1.